The minimum Gasteiger partial charge on any atom is -0.394 e. The summed E-state index contributed by atoms with van der Waals surface area (Å²) in [5, 5.41) is 8.45. The van der Waals surface area contributed by atoms with Gasteiger partial charge in [-0.3, -0.25) is 4.79 Å². The minimum absolute atomic E-state index is 0.0726. The van der Waals surface area contributed by atoms with Gasteiger partial charge in [0.15, 0.2) is 0 Å². The van der Waals surface area contributed by atoms with Gasteiger partial charge in [-0.1, -0.05) is 11.6 Å². The largest absolute Gasteiger partial charge is 0.394 e. The Balaban J connectivity index is 4.00. The molecule has 0 heterocycles. The highest BCUT2D eigenvalue weighted by Gasteiger charge is 2.23. The summed E-state index contributed by atoms with van der Waals surface area (Å²) in [7, 11) is 0. The number of halogens is 2. The van der Waals surface area contributed by atoms with Crippen molar-refractivity contribution in [3.8, 4) is 0 Å². The van der Waals surface area contributed by atoms with Crippen molar-refractivity contribution in [2.24, 2.45) is 0 Å². The van der Waals surface area contributed by atoms with Crippen LogP contribution >= 0.6 is 11.6 Å². The number of carbonyl (C=O) groups is 1. The molecule has 0 aliphatic rings. The van der Waals surface area contributed by atoms with Crippen LogP contribution in [0.25, 0.3) is 0 Å². The summed E-state index contributed by atoms with van der Waals surface area (Å²) in [4.78, 5) is 12.6. The predicted molar refractivity (Wildman–Crippen MR) is 55.5 cm³/mol. The first-order chi connectivity index (χ1) is 7.00. The summed E-state index contributed by atoms with van der Waals surface area (Å²) in [6.07, 6.45) is 0. The zero-order chi connectivity index (χ0) is 11.8. The van der Waals surface area contributed by atoms with Crippen molar-refractivity contribution >= 4 is 17.5 Å². The Morgan fingerprint density at radius 1 is 1.53 bits per heavy atom. The van der Waals surface area contributed by atoms with Crippen molar-refractivity contribution in [2.75, 3.05) is 26.4 Å². The van der Waals surface area contributed by atoms with Crippen LogP contribution in [0.15, 0.2) is 0 Å². The molecule has 0 bridgehead atoms. The first-order valence-corrected chi connectivity index (χ1v) is 5.21. The molecule has 0 aromatic heterocycles. The zero-order valence-corrected chi connectivity index (χ0v) is 9.71. The fourth-order valence-corrected chi connectivity index (χ4v) is 1.20. The average molecular weight is 242 g/mol. The van der Waals surface area contributed by atoms with E-state index in [2.05, 4.69) is 0 Å². The van der Waals surface area contributed by atoms with E-state index in [1.807, 2.05) is 0 Å². The SMILES string of the molecule is CC(C)N(CCOCCO)C(=O)C(F)Cl. The van der Waals surface area contributed by atoms with Gasteiger partial charge in [0, 0.05) is 12.6 Å². The van der Waals surface area contributed by atoms with Crippen LogP contribution in [0.3, 0.4) is 0 Å². The first kappa shape index (κ1) is 14.6. The Morgan fingerprint density at radius 2 is 2.13 bits per heavy atom. The summed E-state index contributed by atoms with van der Waals surface area (Å²) in [5.74, 6) is -0.751. The second-order valence-corrected chi connectivity index (χ2v) is 3.65. The van der Waals surface area contributed by atoms with Gasteiger partial charge < -0.3 is 14.7 Å². The molecule has 0 saturated heterocycles. The molecular formula is C9H17ClFNO3. The quantitative estimate of drug-likeness (QED) is 0.529. The number of aliphatic hydroxyl groups excluding tert-OH is 1. The summed E-state index contributed by atoms with van der Waals surface area (Å²) in [5.41, 5.74) is -2.01. The number of hydrogen-bond acceptors (Lipinski definition) is 3. The summed E-state index contributed by atoms with van der Waals surface area (Å²) >= 11 is 5.07. The molecule has 0 aliphatic heterocycles. The molecule has 4 nitrogen and oxygen atoms in total. The third kappa shape index (κ3) is 5.92. The zero-order valence-electron chi connectivity index (χ0n) is 8.95. The molecule has 0 fully saturated rings. The fraction of sp³-hybridized carbons (Fsp3) is 0.889. The molecule has 0 aromatic rings. The van der Waals surface area contributed by atoms with Crippen LogP contribution in [0.5, 0.6) is 0 Å². The number of aliphatic hydroxyl groups is 1. The second-order valence-electron chi connectivity index (χ2n) is 3.26. The van der Waals surface area contributed by atoms with E-state index in [9.17, 15) is 9.18 Å². The standard InChI is InChI=1S/C9H17ClFNO3/c1-7(2)12(9(14)8(10)11)3-5-15-6-4-13/h7-8,13H,3-6H2,1-2H3. The summed E-state index contributed by atoms with van der Waals surface area (Å²) < 4.78 is 17.6. The lowest BCUT2D eigenvalue weighted by Crippen LogP contribution is -2.42. The van der Waals surface area contributed by atoms with Gasteiger partial charge in [-0.25, -0.2) is 4.39 Å². The van der Waals surface area contributed by atoms with Gasteiger partial charge in [0.2, 0.25) is 0 Å². The molecular weight excluding hydrogens is 225 g/mol. The van der Waals surface area contributed by atoms with Gasteiger partial charge in [0.05, 0.1) is 19.8 Å². The number of amides is 1. The monoisotopic (exact) mass is 241 g/mol. The van der Waals surface area contributed by atoms with E-state index in [-0.39, 0.29) is 32.4 Å². The molecule has 1 unspecified atom stereocenters. The highest BCUT2D eigenvalue weighted by atomic mass is 35.5. The fourth-order valence-electron chi connectivity index (χ4n) is 1.08. The molecule has 0 radical (unpaired) electrons. The molecule has 90 valence electrons. The van der Waals surface area contributed by atoms with E-state index in [1.54, 1.807) is 13.8 Å². The van der Waals surface area contributed by atoms with Crippen molar-refractivity contribution in [2.45, 2.75) is 25.5 Å². The molecule has 0 aliphatic carbocycles. The normalized spacial score (nSPS) is 12.9. The lowest BCUT2D eigenvalue weighted by molar-refractivity contribution is -0.136. The highest BCUT2D eigenvalue weighted by molar-refractivity contribution is 6.29. The Bertz CT molecular complexity index is 190. The van der Waals surface area contributed by atoms with Gasteiger partial charge >= 0.3 is 0 Å². The lowest BCUT2D eigenvalue weighted by Gasteiger charge is -2.26. The number of rotatable bonds is 7. The van der Waals surface area contributed by atoms with E-state index in [4.69, 9.17) is 21.4 Å². The van der Waals surface area contributed by atoms with Crippen molar-refractivity contribution in [1.29, 1.82) is 0 Å². The first-order valence-electron chi connectivity index (χ1n) is 4.78. The van der Waals surface area contributed by atoms with Crippen molar-refractivity contribution in [3.63, 3.8) is 0 Å². The molecule has 6 heteroatoms. The van der Waals surface area contributed by atoms with Gasteiger partial charge in [-0.2, -0.15) is 0 Å². The molecule has 0 spiro atoms. The van der Waals surface area contributed by atoms with Crippen molar-refractivity contribution in [3.05, 3.63) is 0 Å². The Kier molecular flexibility index (Phi) is 7.64. The highest BCUT2D eigenvalue weighted by Crippen LogP contribution is 2.07. The number of ether oxygens (including phenoxy) is 1. The maximum atomic E-state index is 12.6. The maximum Gasteiger partial charge on any atom is 0.273 e. The molecule has 0 saturated carbocycles. The third-order valence-electron chi connectivity index (χ3n) is 1.81. The average Bonchev–Trinajstić information content (AvgIpc) is 2.16. The van der Waals surface area contributed by atoms with Crippen molar-refractivity contribution in [1.82, 2.24) is 4.90 Å². The summed E-state index contributed by atoms with van der Waals surface area (Å²) in [6, 6.07) is -0.132. The van der Waals surface area contributed by atoms with Gasteiger partial charge in [0.1, 0.15) is 0 Å². The predicted octanol–water partition coefficient (Wildman–Crippen LogP) is 0.767. The number of nitrogens with zero attached hydrogens (tertiary/aromatic N) is 1. The van der Waals surface area contributed by atoms with E-state index >= 15 is 0 Å². The van der Waals surface area contributed by atoms with E-state index in [0.717, 1.165) is 0 Å². The minimum atomic E-state index is -2.01. The molecule has 15 heavy (non-hydrogen) atoms. The van der Waals surface area contributed by atoms with E-state index in [0.29, 0.717) is 0 Å². The Hall–Kier alpha value is -0.390. The molecule has 0 rings (SSSR count). The Labute approximate surface area is 94.0 Å². The van der Waals surface area contributed by atoms with Gasteiger partial charge in [0.25, 0.3) is 11.5 Å². The maximum absolute atomic E-state index is 12.6. The van der Waals surface area contributed by atoms with Crippen LogP contribution in [0.1, 0.15) is 13.8 Å². The number of carbonyl (C=O) groups excluding carboxylic acids is 1. The molecule has 1 atom stereocenters. The van der Waals surface area contributed by atoms with E-state index < -0.39 is 11.5 Å². The van der Waals surface area contributed by atoms with Crippen LogP contribution in [0.2, 0.25) is 0 Å². The van der Waals surface area contributed by atoms with Crippen LogP contribution < -0.4 is 0 Å². The topological polar surface area (TPSA) is 49.8 Å². The van der Waals surface area contributed by atoms with Gasteiger partial charge in [-0.05, 0) is 13.8 Å². The smallest absolute Gasteiger partial charge is 0.273 e. The third-order valence-corrected chi connectivity index (χ3v) is 1.99. The van der Waals surface area contributed by atoms with Crippen LogP contribution in [0, 0.1) is 0 Å². The molecule has 1 amide bonds. The summed E-state index contributed by atoms with van der Waals surface area (Å²) in [6.45, 7) is 4.20. The Morgan fingerprint density at radius 3 is 2.53 bits per heavy atom. The molecule has 0 aromatic carbocycles. The van der Waals surface area contributed by atoms with E-state index in [1.165, 1.54) is 4.90 Å². The van der Waals surface area contributed by atoms with Gasteiger partial charge in [-0.15, -0.1) is 0 Å². The van der Waals surface area contributed by atoms with Crippen LogP contribution in [-0.4, -0.2) is 54.0 Å². The second kappa shape index (κ2) is 7.84. The molecule has 1 N–H and O–H groups in total. The number of alkyl halides is 2. The van der Waals surface area contributed by atoms with Crippen LogP contribution in [0.4, 0.5) is 4.39 Å². The number of hydrogen-bond donors (Lipinski definition) is 1. The lowest BCUT2D eigenvalue weighted by atomic mass is 10.3. The van der Waals surface area contributed by atoms with Crippen molar-refractivity contribution < 1.29 is 19.0 Å². The van der Waals surface area contributed by atoms with Crippen LogP contribution in [-0.2, 0) is 9.53 Å².